The molecule has 0 saturated carbocycles. The van der Waals surface area contributed by atoms with Gasteiger partial charge < -0.3 is 30.7 Å². The molecule has 5 atom stereocenters. The molecule has 1 unspecified atom stereocenters. The van der Waals surface area contributed by atoms with Gasteiger partial charge in [-0.15, -0.1) is 0 Å². The second-order valence-corrected chi connectivity index (χ2v) is 11.7. The van der Waals surface area contributed by atoms with Crippen LogP contribution in [0.15, 0.2) is 104 Å². The van der Waals surface area contributed by atoms with Crippen LogP contribution in [0.25, 0.3) is 11.2 Å². The largest absolute Gasteiger partial charge is 0.387 e. The Hall–Kier alpha value is -5.21. The summed E-state index contributed by atoms with van der Waals surface area (Å²) in [7, 11) is 0. The number of fused-ring (bicyclic) bond motifs is 1. The topological polar surface area (TPSA) is 168 Å². The number of aliphatic hydroxyl groups excluding tert-OH is 3. The Bertz CT molecular complexity index is 1900. The smallest absolute Gasteiger partial charge is 0.228 e. The molecule has 3 aromatic heterocycles. The van der Waals surface area contributed by atoms with Crippen molar-refractivity contribution in [1.29, 1.82) is 0 Å². The van der Waals surface area contributed by atoms with Crippen LogP contribution in [0.4, 0.5) is 11.8 Å². The van der Waals surface area contributed by atoms with Crippen LogP contribution in [-0.4, -0.2) is 74.6 Å². The molecule has 4 heterocycles. The van der Waals surface area contributed by atoms with Crippen molar-refractivity contribution in [2.75, 3.05) is 17.2 Å². The number of aliphatic hydroxyl groups is 3. The Morgan fingerprint density at radius 3 is 2.15 bits per heavy atom. The van der Waals surface area contributed by atoms with E-state index in [4.69, 9.17) is 14.7 Å². The van der Waals surface area contributed by atoms with E-state index in [1.807, 2.05) is 73.7 Å². The lowest BCUT2D eigenvalue weighted by Crippen LogP contribution is -2.29. The molecule has 0 amide bonds. The molecule has 13 heteroatoms. The van der Waals surface area contributed by atoms with Crippen LogP contribution in [0.1, 0.15) is 47.7 Å². The summed E-state index contributed by atoms with van der Waals surface area (Å²) in [6, 6.07) is 30.0. The lowest BCUT2D eigenvalue weighted by atomic mass is 9.91. The minimum Gasteiger partial charge on any atom is -0.387 e. The van der Waals surface area contributed by atoms with Crippen LogP contribution in [0, 0.1) is 0 Å². The number of aryl methyl sites for hydroxylation is 1. The first kappa shape index (κ1) is 31.4. The van der Waals surface area contributed by atoms with Gasteiger partial charge in [-0.2, -0.15) is 15.1 Å². The summed E-state index contributed by atoms with van der Waals surface area (Å²) in [5.41, 5.74) is 3.97. The van der Waals surface area contributed by atoms with Crippen LogP contribution in [0.2, 0.25) is 0 Å². The molecule has 1 aliphatic rings. The zero-order valence-corrected chi connectivity index (χ0v) is 26.3. The molecule has 7 rings (SSSR count). The van der Waals surface area contributed by atoms with Gasteiger partial charge in [0.05, 0.1) is 6.33 Å². The highest BCUT2D eigenvalue weighted by atomic mass is 16.6. The summed E-state index contributed by atoms with van der Waals surface area (Å²) < 4.78 is 9.36. The van der Waals surface area contributed by atoms with E-state index in [9.17, 15) is 15.3 Å². The summed E-state index contributed by atoms with van der Waals surface area (Å²) in [5.74, 6) is 0.842. The van der Waals surface area contributed by atoms with Crippen molar-refractivity contribution in [3.05, 3.63) is 126 Å². The average Bonchev–Trinajstić information content (AvgIpc) is 3.84. The van der Waals surface area contributed by atoms with Crippen molar-refractivity contribution < 1.29 is 20.1 Å². The first-order chi connectivity index (χ1) is 23.5. The van der Waals surface area contributed by atoms with E-state index in [0.717, 1.165) is 16.7 Å². The molecule has 1 aliphatic heterocycles. The van der Waals surface area contributed by atoms with Gasteiger partial charge in [-0.25, -0.2) is 9.97 Å². The minimum atomic E-state index is -1.33. The molecule has 0 radical (unpaired) electrons. The maximum absolute atomic E-state index is 11.2. The quantitative estimate of drug-likeness (QED) is 0.123. The van der Waals surface area contributed by atoms with Gasteiger partial charge >= 0.3 is 0 Å². The Kier molecular flexibility index (Phi) is 9.07. The highest BCUT2D eigenvalue weighted by Crippen LogP contribution is 2.39. The molecule has 1 fully saturated rings. The van der Waals surface area contributed by atoms with Gasteiger partial charge in [0.2, 0.25) is 5.95 Å². The van der Waals surface area contributed by atoms with E-state index in [0.29, 0.717) is 36.5 Å². The van der Waals surface area contributed by atoms with Gasteiger partial charge in [-0.1, -0.05) is 91.0 Å². The summed E-state index contributed by atoms with van der Waals surface area (Å²) in [4.78, 5) is 18.4. The Morgan fingerprint density at radius 1 is 0.833 bits per heavy atom. The SMILES string of the molecule is CCn1cnc([C@H]2O[C@@H](n3cnc4c(NCC(c5ccccc5)c5ccccc5)nc(NC(O)Cc5ccccc5)nc43)[C@H](O)[C@@H]2O)n1. The summed E-state index contributed by atoms with van der Waals surface area (Å²) in [6.45, 7) is 3.01. The van der Waals surface area contributed by atoms with Crippen LogP contribution in [0.5, 0.6) is 0 Å². The molecule has 13 nitrogen and oxygen atoms in total. The predicted molar refractivity (Wildman–Crippen MR) is 179 cm³/mol. The summed E-state index contributed by atoms with van der Waals surface area (Å²) in [6.07, 6.45) is -2.23. The third-order valence-corrected chi connectivity index (χ3v) is 8.51. The Balaban J connectivity index is 1.23. The van der Waals surface area contributed by atoms with Gasteiger partial charge in [-0.3, -0.25) is 9.25 Å². The number of nitrogens with one attached hydrogen (secondary N) is 2. The van der Waals surface area contributed by atoms with Crippen LogP contribution in [-0.2, 0) is 17.7 Å². The molecule has 0 spiro atoms. The van der Waals surface area contributed by atoms with E-state index >= 15 is 0 Å². The number of rotatable bonds is 12. The number of imidazole rings is 1. The van der Waals surface area contributed by atoms with Gasteiger partial charge in [0.25, 0.3) is 0 Å². The summed E-state index contributed by atoms with van der Waals surface area (Å²) in [5, 5.41) is 44.0. The molecular weight excluding hydrogens is 610 g/mol. The van der Waals surface area contributed by atoms with Gasteiger partial charge in [0, 0.05) is 25.4 Å². The predicted octanol–water partition coefficient (Wildman–Crippen LogP) is 3.65. The maximum Gasteiger partial charge on any atom is 0.228 e. The fourth-order valence-electron chi connectivity index (χ4n) is 6.02. The third-order valence-electron chi connectivity index (χ3n) is 8.51. The number of ether oxygens (including phenoxy) is 1. The Morgan fingerprint density at radius 2 is 1.50 bits per heavy atom. The number of hydrogen-bond acceptors (Lipinski definition) is 11. The van der Waals surface area contributed by atoms with Crippen molar-refractivity contribution in [3.8, 4) is 0 Å². The first-order valence-electron chi connectivity index (χ1n) is 16.0. The number of anilines is 2. The van der Waals surface area contributed by atoms with Crippen molar-refractivity contribution in [1.82, 2.24) is 34.3 Å². The lowest BCUT2D eigenvalue weighted by molar-refractivity contribution is -0.0383. The molecule has 0 bridgehead atoms. The zero-order valence-electron chi connectivity index (χ0n) is 26.3. The van der Waals surface area contributed by atoms with Gasteiger partial charge in [0.15, 0.2) is 35.1 Å². The second kappa shape index (κ2) is 13.9. The second-order valence-electron chi connectivity index (χ2n) is 11.7. The standard InChI is InChI=1S/C35H37N9O4/c1-2-43-20-38-32(42-43)30-28(46)29(47)34(48-30)44-21-37-27-31(36-19-25(23-14-8-4-9-15-23)24-16-10-5-11-17-24)40-35(41-33(27)44)39-26(45)18-22-12-6-3-7-13-22/h3-17,20-21,25-26,28-30,34,45-47H,2,18-19H2,1H3,(H2,36,39,40,41)/t26?,28-,29+,30-,34+/m0/s1. The molecule has 0 aliphatic carbocycles. The van der Waals surface area contributed by atoms with E-state index in [1.165, 1.54) is 6.33 Å². The molecular formula is C35H37N9O4. The normalized spacial score (nSPS) is 19.9. The van der Waals surface area contributed by atoms with Crippen LogP contribution in [0.3, 0.4) is 0 Å². The van der Waals surface area contributed by atoms with Crippen molar-refractivity contribution in [2.24, 2.45) is 0 Å². The fourth-order valence-corrected chi connectivity index (χ4v) is 6.02. The number of nitrogens with zero attached hydrogens (tertiary/aromatic N) is 7. The van der Waals surface area contributed by atoms with Crippen molar-refractivity contribution >= 4 is 22.9 Å². The number of benzene rings is 3. The van der Waals surface area contributed by atoms with E-state index in [1.54, 1.807) is 15.6 Å². The van der Waals surface area contributed by atoms with Crippen LogP contribution >= 0.6 is 0 Å². The Labute approximate surface area is 276 Å². The van der Waals surface area contributed by atoms with E-state index in [2.05, 4.69) is 50.0 Å². The maximum atomic E-state index is 11.2. The van der Waals surface area contributed by atoms with Crippen LogP contribution < -0.4 is 10.6 Å². The first-order valence-corrected chi connectivity index (χ1v) is 16.0. The third kappa shape index (κ3) is 6.49. The zero-order chi connectivity index (χ0) is 33.0. The number of aromatic nitrogens is 7. The van der Waals surface area contributed by atoms with Crippen molar-refractivity contribution in [2.45, 2.75) is 56.6 Å². The van der Waals surface area contributed by atoms with Crippen molar-refractivity contribution in [3.63, 3.8) is 0 Å². The molecule has 48 heavy (non-hydrogen) atoms. The van der Waals surface area contributed by atoms with Gasteiger partial charge in [0.1, 0.15) is 24.8 Å². The average molecular weight is 648 g/mol. The molecule has 6 aromatic rings. The minimum absolute atomic E-state index is 0.00842. The molecule has 5 N–H and O–H groups in total. The van der Waals surface area contributed by atoms with E-state index in [-0.39, 0.29) is 17.7 Å². The number of hydrogen-bond donors (Lipinski definition) is 5. The summed E-state index contributed by atoms with van der Waals surface area (Å²) >= 11 is 0. The highest BCUT2D eigenvalue weighted by molar-refractivity contribution is 5.84. The molecule has 1 saturated heterocycles. The molecule has 3 aromatic carbocycles. The fraction of sp³-hybridized carbons (Fsp3) is 0.286. The molecule has 246 valence electrons. The lowest BCUT2D eigenvalue weighted by Gasteiger charge is -2.20. The van der Waals surface area contributed by atoms with E-state index < -0.39 is 30.8 Å². The highest BCUT2D eigenvalue weighted by Gasteiger charge is 2.47. The van der Waals surface area contributed by atoms with Gasteiger partial charge in [-0.05, 0) is 23.6 Å². The monoisotopic (exact) mass is 647 g/mol.